The normalized spacial score (nSPS) is 41.7. The number of likely N-dealkylation sites (N-methyl/N-ethyl adjacent to an activating group) is 1. The molecule has 1 heterocycles. The largest absolute Gasteiger partial charge is 0.304 e. The Labute approximate surface area is 102 Å². The number of hydrogen-bond acceptors (Lipinski definition) is 4. The maximum Gasteiger partial charge on any atom is 0.161 e. The van der Waals surface area contributed by atoms with Crippen LogP contribution in [0.3, 0.4) is 0 Å². The Balaban J connectivity index is 1.75. The van der Waals surface area contributed by atoms with Gasteiger partial charge in [0, 0.05) is 38.0 Å². The van der Waals surface area contributed by atoms with E-state index in [1.54, 1.807) is 0 Å². The van der Waals surface area contributed by atoms with Crippen molar-refractivity contribution in [3.05, 3.63) is 0 Å². The first-order chi connectivity index (χ1) is 7.94. The number of carbonyl (C=O) groups is 2. The number of carbonyl (C=O) groups excluding carboxylic acids is 2. The van der Waals surface area contributed by atoms with E-state index in [1.807, 2.05) is 13.8 Å². The summed E-state index contributed by atoms with van der Waals surface area (Å²) in [7, 11) is 2.08. The predicted molar refractivity (Wildman–Crippen MR) is 63.6 cm³/mol. The van der Waals surface area contributed by atoms with Crippen LogP contribution in [0, 0.1) is 17.3 Å². The van der Waals surface area contributed by atoms with Crippen LogP contribution in [-0.4, -0.2) is 60.6 Å². The van der Waals surface area contributed by atoms with Gasteiger partial charge in [-0.1, -0.05) is 13.8 Å². The number of piperazine rings is 1. The van der Waals surface area contributed by atoms with Gasteiger partial charge in [-0.25, -0.2) is 0 Å². The quantitative estimate of drug-likeness (QED) is 0.602. The maximum absolute atomic E-state index is 12.3. The van der Waals surface area contributed by atoms with Crippen molar-refractivity contribution < 1.29 is 9.59 Å². The lowest BCUT2D eigenvalue weighted by molar-refractivity contribution is -0.134. The molecule has 2 atom stereocenters. The van der Waals surface area contributed by atoms with Crippen LogP contribution in [0.15, 0.2) is 0 Å². The standard InChI is InChI=1S/C13H20N2O2/c1-13(2)8-9(13)12(17)10(11(8)16)15-6-4-14(3)5-7-15/h8-10H,4-7H2,1-3H3. The van der Waals surface area contributed by atoms with Crippen molar-refractivity contribution in [2.75, 3.05) is 33.2 Å². The van der Waals surface area contributed by atoms with Crippen LogP contribution in [0.1, 0.15) is 13.8 Å². The molecule has 0 aromatic carbocycles. The highest BCUT2D eigenvalue weighted by Crippen LogP contribution is 2.63. The molecule has 0 bridgehead atoms. The van der Waals surface area contributed by atoms with E-state index in [2.05, 4.69) is 16.8 Å². The SMILES string of the molecule is CN1CCN(C2C(=O)C3C(C2=O)C3(C)C)CC1. The molecule has 4 heteroatoms. The van der Waals surface area contributed by atoms with Crippen molar-refractivity contribution in [2.45, 2.75) is 19.9 Å². The molecule has 2 unspecified atom stereocenters. The molecule has 0 spiro atoms. The molecule has 0 amide bonds. The lowest BCUT2D eigenvalue weighted by Gasteiger charge is -2.36. The van der Waals surface area contributed by atoms with E-state index in [4.69, 9.17) is 0 Å². The lowest BCUT2D eigenvalue weighted by atomic mass is 9.94. The van der Waals surface area contributed by atoms with Gasteiger partial charge in [0.2, 0.25) is 0 Å². The lowest BCUT2D eigenvalue weighted by Crippen LogP contribution is -2.54. The van der Waals surface area contributed by atoms with Gasteiger partial charge in [-0.2, -0.15) is 0 Å². The molecule has 1 aliphatic heterocycles. The van der Waals surface area contributed by atoms with Crippen molar-refractivity contribution in [2.24, 2.45) is 17.3 Å². The summed E-state index contributed by atoms with van der Waals surface area (Å²) >= 11 is 0. The van der Waals surface area contributed by atoms with Crippen LogP contribution in [0.25, 0.3) is 0 Å². The summed E-state index contributed by atoms with van der Waals surface area (Å²) in [6, 6.07) is -0.410. The van der Waals surface area contributed by atoms with Crippen LogP contribution < -0.4 is 0 Å². The molecule has 2 aliphatic carbocycles. The Bertz CT molecular complexity index is 359. The van der Waals surface area contributed by atoms with Crippen LogP contribution >= 0.6 is 0 Å². The van der Waals surface area contributed by atoms with Gasteiger partial charge >= 0.3 is 0 Å². The van der Waals surface area contributed by atoms with Gasteiger partial charge in [0.25, 0.3) is 0 Å². The van der Waals surface area contributed by atoms with Crippen molar-refractivity contribution in [3.8, 4) is 0 Å². The molecule has 3 aliphatic rings. The Morgan fingerprint density at radius 1 is 1.00 bits per heavy atom. The molecule has 2 saturated carbocycles. The average Bonchev–Trinajstić information content (AvgIpc) is 2.72. The molecule has 0 radical (unpaired) electrons. The number of ketones is 2. The van der Waals surface area contributed by atoms with E-state index >= 15 is 0 Å². The summed E-state index contributed by atoms with van der Waals surface area (Å²) < 4.78 is 0. The molecular formula is C13H20N2O2. The van der Waals surface area contributed by atoms with Crippen molar-refractivity contribution in [3.63, 3.8) is 0 Å². The minimum Gasteiger partial charge on any atom is -0.304 e. The zero-order valence-corrected chi connectivity index (χ0v) is 10.8. The first-order valence-corrected chi connectivity index (χ1v) is 6.44. The second-order valence-corrected chi connectivity index (χ2v) is 6.32. The third-order valence-electron chi connectivity index (χ3n) is 4.88. The summed E-state index contributed by atoms with van der Waals surface area (Å²) in [5, 5.41) is 0. The molecule has 4 nitrogen and oxygen atoms in total. The topological polar surface area (TPSA) is 40.6 Å². The zero-order valence-electron chi connectivity index (χ0n) is 10.8. The molecule has 3 rings (SSSR count). The Hall–Kier alpha value is -0.740. The smallest absolute Gasteiger partial charge is 0.161 e. The molecule has 0 aromatic rings. The van der Waals surface area contributed by atoms with E-state index in [-0.39, 0.29) is 28.8 Å². The molecule has 94 valence electrons. The number of Topliss-reactive ketones (excluding diaryl/α,β-unsaturated/α-hetero) is 2. The van der Waals surface area contributed by atoms with Crippen LogP contribution in [0.5, 0.6) is 0 Å². The molecule has 3 fully saturated rings. The van der Waals surface area contributed by atoms with Gasteiger partial charge in [-0.15, -0.1) is 0 Å². The van der Waals surface area contributed by atoms with Crippen LogP contribution in [-0.2, 0) is 9.59 Å². The van der Waals surface area contributed by atoms with Gasteiger partial charge in [0.1, 0.15) is 6.04 Å². The number of nitrogens with zero attached hydrogens (tertiary/aromatic N) is 2. The van der Waals surface area contributed by atoms with E-state index < -0.39 is 6.04 Å². The third kappa shape index (κ3) is 1.43. The highest BCUT2D eigenvalue weighted by Gasteiger charge is 2.73. The summed E-state index contributed by atoms with van der Waals surface area (Å²) in [6.45, 7) is 7.68. The monoisotopic (exact) mass is 236 g/mol. The second-order valence-electron chi connectivity index (χ2n) is 6.32. The first-order valence-electron chi connectivity index (χ1n) is 6.44. The highest BCUT2D eigenvalue weighted by atomic mass is 16.2. The van der Waals surface area contributed by atoms with E-state index in [0.717, 1.165) is 26.2 Å². The van der Waals surface area contributed by atoms with Crippen molar-refractivity contribution in [1.29, 1.82) is 0 Å². The zero-order chi connectivity index (χ0) is 12.4. The fourth-order valence-electron chi connectivity index (χ4n) is 3.62. The summed E-state index contributed by atoms with van der Waals surface area (Å²) in [6.07, 6.45) is 0. The Morgan fingerprint density at radius 2 is 1.47 bits per heavy atom. The number of fused-ring (bicyclic) bond motifs is 1. The van der Waals surface area contributed by atoms with Gasteiger partial charge < -0.3 is 4.90 Å². The molecule has 0 aromatic heterocycles. The Morgan fingerprint density at radius 3 is 1.94 bits per heavy atom. The van der Waals surface area contributed by atoms with Gasteiger partial charge in [-0.3, -0.25) is 14.5 Å². The minimum atomic E-state index is -0.410. The Kier molecular flexibility index (Phi) is 2.26. The molecular weight excluding hydrogens is 216 g/mol. The average molecular weight is 236 g/mol. The van der Waals surface area contributed by atoms with Gasteiger partial charge in [0.05, 0.1) is 0 Å². The predicted octanol–water partition coefficient (Wildman–Crippen LogP) is 0.0264. The summed E-state index contributed by atoms with van der Waals surface area (Å²) in [5.41, 5.74) is -0.0583. The second kappa shape index (κ2) is 3.39. The number of rotatable bonds is 1. The van der Waals surface area contributed by atoms with E-state index in [1.165, 1.54) is 0 Å². The summed E-state index contributed by atoms with van der Waals surface area (Å²) in [5.74, 6) is 0.406. The fraction of sp³-hybridized carbons (Fsp3) is 0.846. The highest BCUT2D eigenvalue weighted by molar-refractivity contribution is 6.19. The first kappa shape index (κ1) is 11.4. The maximum atomic E-state index is 12.3. The molecule has 17 heavy (non-hydrogen) atoms. The minimum absolute atomic E-state index is 0.0136. The third-order valence-corrected chi connectivity index (χ3v) is 4.88. The molecule has 0 N–H and O–H groups in total. The van der Waals surface area contributed by atoms with Gasteiger partial charge in [-0.05, 0) is 12.5 Å². The van der Waals surface area contributed by atoms with Crippen LogP contribution in [0.4, 0.5) is 0 Å². The number of hydrogen-bond donors (Lipinski definition) is 0. The van der Waals surface area contributed by atoms with E-state index in [9.17, 15) is 9.59 Å². The van der Waals surface area contributed by atoms with Gasteiger partial charge in [0.15, 0.2) is 11.6 Å². The van der Waals surface area contributed by atoms with Crippen LogP contribution in [0.2, 0.25) is 0 Å². The van der Waals surface area contributed by atoms with Crippen molar-refractivity contribution in [1.82, 2.24) is 9.80 Å². The molecule has 1 saturated heterocycles. The summed E-state index contributed by atoms with van der Waals surface area (Å²) in [4.78, 5) is 28.9. The fourth-order valence-corrected chi connectivity index (χ4v) is 3.62. The van der Waals surface area contributed by atoms with Crippen molar-refractivity contribution >= 4 is 11.6 Å². The van der Waals surface area contributed by atoms with E-state index in [0.29, 0.717) is 0 Å².